The summed E-state index contributed by atoms with van der Waals surface area (Å²) in [6.45, 7) is 1.96. The maximum Gasteiger partial charge on any atom is 0.191 e. The van der Waals surface area contributed by atoms with Crippen molar-refractivity contribution in [1.29, 1.82) is 0 Å². The number of methoxy groups -OCH3 is 2. The van der Waals surface area contributed by atoms with Gasteiger partial charge in [-0.25, -0.2) is 0 Å². The van der Waals surface area contributed by atoms with Crippen LogP contribution in [0.1, 0.15) is 5.56 Å². The second-order valence-electron chi connectivity index (χ2n) is 5.51. The number of ether oxygens (including phenoxy) is 3. The van der Waals surface area contributed by atoms with Crippen LogP contribution in [0.3, 0.4) is 0 Å². The molecule has 2 aromatic carbocycles. The summed E-state index contributed by atoms with van der Waals surface area (Å²) >= 11 is 0. The molecule has 2 rings (SSSR count). The molecule has 0 fully saturated rings. The molecular weight excluding hydrogens is 457 g/mol. The maximum absolute atomic E-state index is 5.69. The average Bonchev–Trinajstić information content (AvgIpc) is 2.70. The Hall–Kier alpha value is -2.16. The molecule has 0 heterocycles. The lowest BCUT2D eigenvalue weighted by atomic mass is 10.1. The van der Waals surface area contributed by atoms with Gasteiger partial charge in [0.2, 0.25) is 0 Å². The molecule has 0 unspecified atom stereocenters. The molecule has 148 valence electrons. The lowest BCUT2D eigenvalue weighted by molar-refractivity contribution is 0.321. The van der Waals surface area contributed by atoms with Crippen LogP contribution < -0.4 is 24.8 Å². The number of aliphatic imine (C=N–C) groups is 1. The van der Waals surface area contributed by atoms with Crippen LogP contribution in [0.2, 0.25) is 0 Å². The number of benzene rings is 2. The van der Waals surface area contributed by atoms with Gasteiger partial charge in [-0.1, -0.05) is 18.2 Å². The number of guanidine groups is 1. The summed E-state index contributed by atoms with van der Waals surface area (Å²) < 4.78 is 16.2. The molecule has 0 aliphatic rings. The Morgan fingerprint density at radius 3 is 2.22 bits per heavy atom. The molecule has 0 aliphatic heterocycles. The maximum atomic E-state index is 5.69. The fourth-order valence-corrected chi connectivity index (χ4v) is 2.46. The van der Waals surface area contributed by atoms with Gasteiger partial charge >= 0.3 is 0 Å². The molecule has 2 N–H and O–H groups in total. The number of hydrogen-bond donors (Lipinski definition) is 2. The largest absolute Gasteiger partial charge is 0.497 e. The molecule has 7 heteroatoms. The second-order valence-corrected chi connectivity index (χ2v) is 5.51. The van der Waals surface area contributed by atoms with Crippen molar-refractivity contribution in [2.75, 3.05) is 41.0 Å². The summed E-state index contributed by atoms with van der Waals surface area (Å²) in [7, 11) is 5.09. The monoisotopic (exact) mass is 485 g/mol. The van der Waals surface area contributed by atoms with Crippen molar-refractivity contribution in [3.8, 4) is 17.2 Å². The highest BCUT2D eigenvalue weighted by Crippen LogP contribution is 2.17. The van der Waals surface area contributed by atoms with E-state index >= 15 is 0 Å². The highest BCUT2D eigenvalue weighted by Gasteiger charge is 2.02. The van der Waals surface area contributed by atoms with Crippen molar-refractivity contribution < 1.29 is 14.2 Å². The van der Waals surface area contributed by atoms with Crippen molar-refractivity contribution >= 4 is 29.9 Å². The van der Waals surface area contributed by atoms with Crippen LogP contribution in [0.5, 0.6) is 17.2 Å². The highest BCUT2D eigenvalue weighted by atomic mass is 127. The van der Waals surface area contributed by atoms with Gasteiger partial charge in [-0.3, -0.25) is 4.99 Å². The molecule has 0 bridgehead atoms. The zero-order valence-electron chi connectivity index (χ0n) is 16.0. The molecule has 0 saturated heterocycles. The van der Waals surface area contributed by atoms with Gasteiger partial charge in [-0.2, -0.15) is 0 Å². The predicted molar refractivity (Wildman–Crippen MR) is 120 cm³/mol. The van der Waals surface area contributed by atoms with Crippen molar-refractivity contribution in [1.82, 2.24) is 10.6 Å². The number of nitrogens with one attached hydrogen (secondary N) is 2. The number of para-hydroxylation sites is 1. The van der Waals surface area contributed by atoms with E-state index in [4.69, 9.17) is 14.2 Å². The van der Waals surface area contributed by atoms with Gasteiger partial charge in [-0.05, 0) is 42.3 Å². The van der Waals surface area contributed by atoms with E-state index < -0.39 is 0 Å². The molecule has 0 spiro atoms. The Morgan fingerprint density at radius 1 is 0.889 bits per heavy atom. The summed E-state index contributed by atoms with van der Waals surface area (Å²) in [4.78, 5) is 4.22. The standard InChI is InChI=1S/C20H27N3O3.HI/c1-21-20(22-13-12-16-6-4-5-7-19(16)25-3)23-14-15-26-18-10-8-17(24-2)9-11-18;/h4-11H,12-15H2,1-3H3,(H2,21,22,23);1H. The van der Waals surface area contributed by atoms with E-state index in [9.17, 15) is 0 Å². The smallest absolute Gasteiger partial charge is 0.191 e. The first kappa shape index (κ1) is 22.9. The first-order valence-electron chi connectivity index (χ1n) is 8.60. The van der Waals surface area contributed by atoms with Crippen LogP contribution in [-0.4, -0.2) is 46.9 Å². The van der Waals surface area contributed by atoms with Gasteiger partial charge < -0.3 is 24.8 Å². The topological polar surface area (TPSA) is 64.1 Å². The van der Waals surface area contributed by atoms with Crippen molar-refractivity contribution in [3.63, 3.8) is 0 Å². The Bertz CT molecular complexity index is 693. The first-order valence-corrected chi connectivity index (χ1v) is 8.60. The quantitative estimate of drug-likeness (QED) is 0.248. The second kappa shape index (κ2) is 13.1. The lowest BCUT2D eigenvalue weighted by Crippen LogP contribution is -2.40. The van der Waals surface area contributed by atoms with E-state index in [1.807, 2.05) is 42.5 Å². The van der Waals surface area contributed by atoms with Gasteiger partial charge in [0.1, 0.15) is 23.9 Å². The highest BCUT2D eigenvalue weighted by molar-refractivity contribution is 14.0. The van der Waals surface area contributed by atoms with Gasteiger partial charge in [0, 0.05) is 13.6 Å². The molecule has 0 radical (unpaired) electrons. The minimum absolute atomic E-state index is 0. The van der Waals surface area contributed by atoms with Gasteiger partial charge in [0.25, 0.3) is 0 Å². The Balaban J connectivity index is 0.00000364. The minimum atomic E-state index is 0. The van der Waals surface area contributed by atoms with Crippen LogP contribution in [0.15, 0.2) is 53.5 Å². The van der Waals surface area contributed by atoms with Gasteiger partial charge in [-0.15, -0.1) is 24.0 Å². The summed E-state index contributed by atoms with van der Waals surface area (Å²) in [5.74, 6) is 3.28. The zero-order valence-corrected chi connectivity index (χ0v) is 18.4. The molecule has 0 aromatic heterocycles. The molecule has 0 saturated carbocycles. The normalized spacial score (nSPS) is 10.6. The lowest BCUT2D eigenvalue weighted by Gasteiger charge is -2.13. The van der Waals surface area contributed by atoms with Crippen LogP contribution >= 0.6 is 24.0 Å². The summed E-state index contributed by atoms with van der Waals surface area (Å²) in [5.41, 5.74) is 1.17. The van der Waals surface area contributed by atoms with E-state index in [0.29, 0.717) is 13.2 Å². The van der Waals surface area contributed by atoms with Gasteiger partial charge in [0.15, 0.2) is 5.96 Å². The number of rotatable bonds is 9. The van der Waals surface area contributed by atoms with E-state index in [0.717, 1.165) is 36.2 Å². The van der Waals surface area contributed by atoms with Crippen LogP contribution in [0, 0.1) is 0 Å². The van der Waals surface area contributed by atoms with E-state index in [2.05, 4.69) is 21.7 Å². The van der Waals surface area contributed by atoms with E-state index in [1.54, 1.807) is 21.3 Å². The molecule has 6 nitrogen and oxygen atoms in total. The minimum Gasteiger partial charge on any atom is -0.497 e. The molecular formula is C20H28IN3O3. The fraction of sp³-hybridized carbons (Fsp3) is 0.350. The Kier molecular flexibility index (Phi) is 11.1. The Morgan fingerprint density at radius 2 is 1.56 bits per heavy atom. The molecule has 0 amide bonds. The van der Waals surface area contributed by atoms with E-state index in [-0.39, 0.29) is 24.0 Å². The molecule has 0 aliphatic carbocycles. The van der Waals surface area contributed by atoms with Crippen LogP contribution in [0.25, 0.3) is 0 Å². The third-order valence-electron chi connectivity index (χ3n) is 3.83. The summed E-state index contributed by atoms with van der Waals surface area (Å²) in [6.07, 6.45) is 0.854. The third-order valence-corrected chi connectivity index (χ3v) is 3.83. The van der Waals surface area contributed by atoms with Crippen molar-refractivity contribution in [3.05, 3.63) is 54.1 Å². The van der Waals surface area contributed by atoms with Crippen molar-refractivity contribution in [2.45, 2.75) is 6.42 Å². The predicted octanol–water partition coefficient (Wildman–Crippen LogP) is 3.11. The van der Waals surface area contributed by atoms with Gasteiger partial charge in [0.05, 0.1) is 20.8 Å². The fourth-order valence-electron chi connectivity index (χ4n) is 2.46. The molecule has 0 atom stereocenters. The van der Waals surface area contributed by atoms with Crippen molar-refractivity contribution in [2.24, 2.45) is 4.99 Å². The summed E-state index contributed by atoms with van der Waals surface area (Å²) in [5, 5.41) is 6.53. The number of nitrogens with zero attached hydrogens (tertiary/aromatic N) is 1. The average molecular weight is 485 g/mol. The first-order chi connectivity index (χ1) is 12.8. The molecule has 27 heavy (non-hydrogen) atoms. The number of hydrogen-bond acceptors (Lipinski definition) is 4. The van der Waals surface area contributed by atoms with E-state index in [1.165, 1.54) is 5.56 Å². The third kappa shape index (κ3) is 7.94. The Labute approximate surface area is 178 Å². The SMILES string of the molecule is CN=C(NCCOc1ccc(OC)cc1)NCCc1ccccc1OC.I. The number of halogens is 1. The van der Waals surface area contributed by atoms with Crippen LogP contribution in [0.4, 0.5) is 0 Å². The van der Waals surface area contributed by atoms with Crippen LogP contribution in [-0.2, 0) is 6.42 Å². The summed E-state index contributed by atoms with van der Waals surface area (Å²) in [6, 6.07) is 15.6. The molecule has 2 aromatic rings. The zero-order chi connectivity index (χ0) is 18.6.